The number of thiazole rings is 1. The lowest BCUT2D eigenvalue weighted by Gasteiger charge is -2.22. The van der Waals surface area contributed by atoms with Crippen LogP contribution in [0.5, 0.6) is 0 Å². The summed E-state index contributed by atoms with van der Waals surface area (Å²) in [5.41, 5.74) is 0.413. The van der Waals surface area contributed by atoms with Gasteiger partial charge < -0.3 is 9.88 Å². The van der Waals surface area contributed by atoms with Crippen LogP contribution in [0.4, 0.5) is 5.69 Å². The topological polar surface area (TPSA) is 141 Å². The second-order valence-electron chi connectivity index (χ2n) is 7.52. The Kier molecular flexibility index (Phi) is 7.42. The van der Waals surface area contributed by atoms with Crippen LogP contribution >= 0.6 is 11.3 Å². The van der Waals surface area contributed by atoms with E-state index in [0.29, 0.717) is 10.2 Å². The van der Waals surface area contributed by atoms with Gasteiger partial charge in [0.2, 0.25) is 5.91 Å². The van der Waals surface area contributed by atoms with Gasteiger partial charge in [-0.2, -0.15) is 4.99 Å². The van der Waals surface area contributed by atoms with Gasteiger partial charge in [0.05, 0.1) is 21.7 Å². The minimum Gasteiger partial charge on any atom is -0.352 e. The van der Waals surface area contributed by atoms with Crippen molar-refractivity contribution in [3.8, 4) is 12.3 Å². The Morgan fingerprint density at radius 3 is 2.66 bits per heavy atom. The van der Waals surface area contributed by atoms with Gasteiger partial charge in [0, 0.05) is 18.2 Å². The van der Waals surface area contributed by atoms with Gasteiger partial charge in [-0.05, 0) is 18.9 Å². The van der Waals surface area contributed by atoms with Gasteiger partial charge in [-0.15, -0.1) is 6.42 Å². The van der Waals surface area contributed by atoms with Gasteiger partial charge in [-0.3, -0.25) is 19.7 Å². The van der Waals surface area contributed by atoms with Crippen molar-refractivity contribution in [1.29, 1.82) is 0 Å². The maximum absolute atomic E-state index is 12.4. The highest BCUT2D eigenvalue weighted by molar-refractivity contribution is 7.92. The zero-order valence-corrected chi connectivity index (χ0v) is 18.8. The Labute approximate surface area is 188 Å². The number of amides is 2. The number of nitrogens with zero attached hydrogens (tertiary/aromatic N) is 3. The lowest BCUT2D eigenvalue weighted by molar-refractivity contribution is -0.384. The standard InChI is InChI=1S/C20H22N4O6S2/c1-2-10-23-16-9-8-15(24(27)28)11-17(16)31-20(23)22-19(26)13-32(29,30)12-18(25)21-14-6-4-3-5-7-14/h1,8-9,11,14H,3-7,10,12-13H2,(H,21,25). The minimum absolute atomic E-state index is 0.0304. The van der Waals surface area contributed by atoms with Crippen LogP contribution in [0, 0.1) is 22.5 Å². The summed E-state index contributed by atoms with van der Waals surface area (Å²) in [7, 11) is -4.01. The summed E-state index contributed by atoms with van der Waals surface area (Å²) in [6.07, 6.45) is 10.1. The predicted octanol–water partition coefficient (Wildman–Crippen LogP) is 1.54. The SMILES string of the molecule is C#CCn1c(=NC(=O)CS(=O)(=O)CC(=O)NC2CCCCC2)sc2cc([N+](=O)[O-])ccc21. The first-order chi connectivity index (χ1) is 15.2. The molecule has 1 fully saturated rings. The third-order valence-electron chi connectivity index (χ3n) is 5.01. The fourth-order valence-corrected chi connectivity index (χ4v) is 5.70. The van der Waals surface area contributed by atoms with Crippen molar-refractivity contribution in [2.24, 2.45) is 4.99 Å². The normalized spacial score (nSPS) is 15.4. The summed E-state index contributed by atoms with van der Waals surface area (Å²) in [6.45, 7) is 0.0421. The third kappa shape index (κ3) is 6.02. The van der Waals surface area contributed by atoms with Crippen LogP contribution in [0.15, 0.2) is 23.2 Å². The van der Waals surface area contributed by atoms with Crippen molar-refractivity contribution < 1.29 is 22.9 Å². The number of fused-ring (bicyclic) bond motifs is 1. The number of nitrogens with one attached hydrogen (secondary N) is 1. The molecule has 0 spiro atoms. The van der Waals surface area contributed by atoms with Gasteiger partial charge in [0.25, 0.3) is 11.6 Å². The Bertz CT molecular complexity index is 1260. The number of nitro groups is 1. The molecule has 0 atom stereocenters. The lowest BCUT2D eigenvalue weighted by Crippen LogP contribution is -2.40. The Morgan fingerprint density at radius 1 is 1.28 bits per heavy atom. The molecule has 170 valence electrons. The van der Waals surface area contributed by atoms with Gasteiger partial charge in [0.1, 0.15) is 11.5 Å². The second kappa shape index (κ2) is 10.1. The Balaban J connectivity index is 1.77. The van der Waals surface area contributed by atoms with E-state index in [1.54, 1.807) is 0 Å². The van der Waals surface area contributed by atoms with Crippen LogP contribution in [0.2, 0.25) is 0 Å². The van der Waals surface area contributed by atoms with E-state index in [4.69, 9.17) is 6.42 Å². The van der Waals surface area contributed by atoms with Crippen molar-refractivity contribution in [3.63, 3.8) is 0 Å². The number of aromatic nitrogens is 1. The number of terminal acetylenes is 1. The summed E-state index contributed by atoms with van der Waals surface area (Å²) in [5.74, 6) is -0.852. The summed E-state index contributed by atoms with van der Waals surface area (Å²) in [6, 6.07) is 4.11. The van der Waals surface area contributed by atoms with Crippen molar-refractivity contribution in [3.05, 3.63) is 33.1 Å². The van der Waals surface area contributed by atoms with E-state index in [-0.39, 0.29) is 23.1 Å². The molecule has 32 heavy (non-hydrogen) atoms. The summed E-state index contributed by atoms with van der Waals surface area (Å²) in [5, 5.41) is 13.7. The first-order valence-corrected chi connectivity index (χ1v) is 12.6. The van der Waals surface area contributed by atoms with Crippen LogP contribution in [-0.4, -0.2) is 47.3 Å². The molecule has 10 nitrogen and oxygen atoms in total. The molecule has 1 aromatic carbocycles. The molecular weight excluding hydrogens is 456 g/mol. The summed E-state index contributed by atoms with van der Waals surface area (Å²) >= 11 is 0.988. The van der Waals surface area contributed by atoms with Crippen LogP contribution in [-0.2, 0) is 26.0 Å². The quantitative estimate of drug-likeness (QED) is 0.363. The maximum atomic E-state index is 12.4. The molecule has 0 aliphatic heterocycles. The average Bonchev–Trinajstić information content (AvgIpc) is 3.04. The van der Waals surface area contributed by atoms with E-state index in [9.17, 15) is 28.1 Å². The molecule has 1 aliphatic carbocycles. The Hall–Kier alpha value is -3.04. The zero-order chi connectivity index (χ0) is 23.3. The highest BCUT2D eigenvalue weighted by Gasteiger charge is 2.23. The number of hydrogen-bond acceptors (Lipinski definition) is 7. The number of nitro benzene ring substituents is 1. The number of sulfone groups is 1. The molecule has 1 heterocycles. The van der Waals surface area contributed by atoms with Crippen LogP contribution in [0.25, 0.3) is 10.2 Å². The van der Waals surface area contributed by atoms with Crippen molar-refractivity contribution in [1.82, 2.24) is 9.88 Å². The fraction of sp³-hybridized carbons (Fsp3) is 0.450. The fourth-order valence-electron chi connectivity index (χ4n) is 3.60. The molecule has 2 aromatic rings. The monoisotopic (exact) mass is 478 g/mol. The molecule has 1 saturated carbocycles. The van der Waals surface area contributed by atoms with Gasteiger partial charge in [0.15, 0.2) is 14.6 Å². The summed E-state index contributed by atoms with van der Waals surface area (Å²) < 4.78 is 26.7. The largest absolute Gasteiger partial charge is 0.352 e. The molecule has 0 saturated heterocycles. The minimum atomic E-state index is -4.01. The molecule has 1 aromatic heterocycles. The van der Waals surface area contributed by atoms with E-state index >= 15 is 0 Å². The first kappa shape index (κ1) is 23.6. The maximum Gasteiger partial charge on any atom is 0.270 e. The van der Waals surface area contributed by atoms with Crippen LogP contribution in [0.1, 0.15) is 32.1 Å². The molecule has 0 bridgehead atoms. The summed E-state index contributed by atoms with van der Waals surface area (Å²) in [4.78, 5) is 38.9. The third-order valence-corrected chi connectivity index (χ3v) is 7.44. The molecule has 12 heteroatoms. The molecule has 3 rings (SSSR count). The second-order valence-corrected chi connectivity index (χ2v) is 10.6. The number of carbonyl (C=O) groups excluding carboxylic acids is 2. The number of benzene rings is 1. The van der Waals surface area contributed by atoms with Crippen molar-refractivity contribution in [2.75, 3.05) is 11.5 Å². The molecule has 0 unspecified atom stereocenters. The lowest BCUT2D eigenvalue weighted by atomic mass is 9.95. The smallest absolute Gasteiger partial charge is 0.270 e. The highest BCUT2D eigenvalue weighted by atomic mass is 32.2. The number of carbonyl (C=O) groups is 2. The van der Waals surface area contributed by atoms with Gasteiger partial charge in [-0.25, -0.2) is 8.42 Å². The average molecular weight is 479 g/mol. The van der Waals surface area contributed by atoms with Gasteiger partial charge >= 0.3 is 0 Å². The van der Waals surface area contributed by atoms with Crippen LogP contribution < -0.4 is 10.1 Å². The van der Waals surface area contributed by atoms with Gasteiger partial charge in [-0.1, -0.05) is 36.5 Å². The Morgan fingerprint density at radius 2 is 2.00 bits per heavy atom. The molecule has 2 amide bonds. The van der Waals surface area contributed by atoms with E-state index in [2.05, 4.69) is 16.2 Å². The zero-order valence-electron chi connectivity index (χ0n) is 17.2. The molecule has 1 N–H and O–H groups in total. The van der Waals surface area contributed by atoms with Crippen molar-refractivity contribution >= 4 is 48.9 Å². The number of non-ortho nitro benzene ring substituents is 1. The molecular formula is C20H22N4O6S2. The highest BCUT2D eigenvalue weighted by Crippen LogP contribution is 2.23. The van der Waals surface area contributed by atoms with E-state index in [1.807, 2.05) is 0 Å². The number of rotatable bonds is 7. The molecule has 1 aliphatic rings. The van der Waals surface area contributed by atoms with Crippen LogP contribution in [0.3, 0.4) is 0 Å². The van der Waals surface area contributed by atoms with E-state index in [1.165, 1.54) is 22.8 Å². The first-order valence-electron chi connectivity index (χ1n) is 9.97. The van der Waals surface area contributed by atoms with E-state index in [0.717, 1.165) is 43.4 Å². The van der Waals surface area contributed by atoms with E-state index < -0.39 is 38.1 Å². The number of hydrogen-bond donors (Lipinski definition) is 1. The van der Waals surface area contributed by atoms with Crippen molar-refractivity contribution in [2.45, 2.75) is 44.7 Å². The predicted molar refractivity (Wildman–Crippen MR) is 120 cm³/mol. The molecule has 0 radical (unpaired) electrons.